The van der Waals surface area contributed by atoms with Crippen LogP contribution in [0.25, 0.3) is 0 Å². The first-order valence-corrected chi connectivity index (χ1v) is 4.23. The molecule has 0 saturated carbocycles. The van der Waals surface area contributed by atoms with Gasteiger partial charge in [0.2, 0.25) is 0 Å². The van der Waals surface area contributed by atoms with Crippen LogP contribution in [0.2, 0.25) is 0 Å². The molecule has 1 nitrogen and oxygen atoms in total. The van der Waals surface area contributed by atoms with Crippen LogP contribution in [-0.2, 0) is 4.74 Å². The first kappa shape index (κ1) is 8.06. The van der Waals surface area contributed by atoms with Crippen LogP contribution in [-0.4, -0.2) is 13.2 Å². The van der Waals surface area contributed by atoms with Crippen LogP contribution in [0.1, 0.15) is 33.6 Å². The third-order valence-electron chi connectivity index (χ3n) is 2.86. The predicted octanol–water partition coefficient (Wildman–Crippen LogP) is 2.46. The summed E-state index contributed by atoms with van der Waals surface area (Å²) in [4.78, 5) is 0. The van der Waals surface area contributed by atoms with Gasteiger partial charge < -0.3 is 4.74 Å². The van der Waals surface area contributed by atoms with Crippen molar-refractivity contribution in [2.24, 2.45) is 11.3 Å². The number of ether oxygens (including phenoxy) is 1. The second-order valence-electron chi connectivity index (χ2n) is 3.96. The van der Waals surface area contributed by atoms with Crippen molar-refractivity contribution in [3.05, 3.63) is 0 Å². The Bertz CT molecular complexity index is 101. The smallest absolute Gasteiger partial charge is 0.0522 e. The van der Waals surface area contributed by atoms with Crippen molar-refractivity contribution in [2.45, 2.75) is 33.6 Å². The molecule has 0 spiro atoms. The molecule has 1 aliphatic rings. The van der Waals surface area contributed by atoms with Gasteiger partial charge in [0.1, 0.15) is 0 Å². The molecule has 0 aromatic carbocycles. The van der Waals surface area contributed by atoms with Crippen molar-refractivity contribution in [3.63, 3.8) is 0 Å². The lowest BCUT2D eigenvalue weighted by Crippen LogP contribution is -2.33. The summed E-state index contributed by atoms with van der Waals surface area (Å²) in [5.41, 5.74) is 0.457. The van der Waals surface area contributed by atoms with E-state index < -0.39 is 0 Å². The zero-order valence-corrected chi connectivity index (χ0v) is 7.31. The molecule has 0 amide bonds. The summed E-state index contributed by atoms with van der Waals surface area (Å²) in [7, 11) is 0. The van der Waals surface area contributed by atoms with Gasteiger partial charge in [-0.3, -0.25) is 0 Å². The van der Waals surface area contributed by atoms with E-state index in [-0.39, 0.29) is 0 Å². The minimum atomic E-state index is 0.457. The second-order valence-corrected chi connectivity index (χ2v) is 3.96. The monoisotopic (exact) mass is 142 g/mol. The molecule has 1 saturated heterocycles. The van der Waals surface area contributed by atoms with Crippen molar-refractivity contribution in [3.8, 4) is 0 Å². The molecule has 0 unspecified atom stereocenters. The van der Waals surface area contributed by atoms with E-state index >= 15 is 0 Å². The molecule has 1 aliphatic heterocycles. The normalized spacial score (nSPS) is 34.8. The van der Waals surface area contributed by atoms with Crippen LogP contribution < -0.4 is 0 Å². The highest BCUT2D eigenvalue weighted by Gasteiger charge is 2.30. The third kappa shape index (κ3) is 1.51. The Balaban J connectivity index is 2.48. The molecular weight excluding hydrogens is 124 g/mol. The van der Waals surface area contributed by atoms with Crippen LogP contribution in [0.15, 0.2) is 0 Å². The molecule has 0 aromatic heterocycles. The minimum Gasteiger partial charge on any atom is -0.381 e. The Morgan fingerprint density at radius 1 is 1.40 bits per heavy atom. The Kier molecular flexibility index (Phi) is 2.35. The van der Waals surface area contributed by atoms with E-state index in [2.05, 4.69) is 20.8 Å². The first-order chi connectivity index (χ1) is 4.65. The second kappa shape index (κ2) is 2.91. The molecule has 60 valence electrons. The fraction of sp³-hybridized carbons (Fsp3) is 1.00. The Morgan fingerprint density at radius 2 is 2.10 bits per heavy atom. The molecule has 1 fully saturated rings. The minimum absolute atomic E-state index is 0.457. The molecule has 1 rings (SSSR count). The number of hydrogen-bond acceptors (Lipinski definition) is 1. The predicted molar refractivity (Wildman–Crippen MR) is 43.0 cm³/mol. The summed E-state index contributed by atoms with van der Waals surface area (Å²) >= 11 is 0. The van der Waals surface area contributed by atoms with Crippen LogP contribution in [0.5, 0.6) is 0 Å². The Morgan fingerprint density at radius 3 is 2.40 bits per heavy atom. The van der Waals surface area contributed by atoms with Crippen LogP contribution in [0, 0.1) is 11.3 Å². The molecule has 0 bridgehead atoms. The van der Waals surface area contributed by atoms with E-state index in [4.69, 9.17) is 4.74 Å². The average molecular weight is 142 g/mol. The van der Waals surface area contributed by atoms with Gasteiger partial charge >= 0.3 is 0 Å². The van der Waals surface area contributed by atoms with E-state index in [1.54, 1.807) is 0 Å². The van der Waals surface area contributed by atoms with Gasteiger partial charge in [0.15, 0.2) is 0 Å². The fourth-order valence-corrected chi connectivity index (χ4v) is 1.41. The standard InChI is InChI=1S/C9H18O/c1-8(2)9(3)5-4-6-10-7-9/h8H,4-7H2,1-3H3/t9-/m0/s1. The number of rotatable bonds is 1. The molecule has 0 radical (unpaired) electrons. The SMILES string of the molecule is CC(C)[C@@]1(C)CCCOC1. The molecule has 1 atom stereocenters. The molecule has 1 heterocycles. The average Bonchev–Trinajstić information content (AvgIpc) is 1.89. The van der Waals surface area contributed by atoms with Crippen molar-refractivity contribution in [1.82, 2.24) is 0 Å². The van der Waals surface area contributed by atoms with E-state index in [0.717, 1.165) is 19.1 Å². The third-order valence-corrected chi connectivity index (χ3v) is 2.86. The zero-order chi connectivity index (χ0) is 7.61. The van der Waals surface area contributed by atoms with Gasteiger partial charge in [-0.15, -0.1) is 0 Å². The van der Waals surface area contributed by atoms with Crippen LogP contribution in [0.3, 0.4) is 0 Å². The van der Waals surface area contributed by atoms with Crippen LogP contribution in [0.4, 0.5) is 0 Å². The summed E-state index contributed by atoms with van der Waals surface area (Å²) < 4.78 is 5.45. The van der Waals surface area contributed by atoms with Crippen molar-refractivity contribution in [2.75, 3.05) is 13.2 Å². The highest BCUT2D eigenvalue weighted by molar-refractivity contribution is 4.79. The van der Waals surface area contributed by atoms with Crippen LogP contribution >= 0.6 is 0 Å². The topological polar surface area (TPSA) is 9.23 Å². The van der Waals surface area contributed by atoms with Gasteiger partial charge in [-0.05, 0) is 24.2 Å². The van der Waals surface area contributed by atoms with E-state index in [1.807, 2.05) is 0 Å². The zero-order valence-electron chi connectivity index (χ0n) is 7.31. The number of hydrogen-bond donors (Lipinski definition) is 0. The van der Waals surface area contributed by atoms with Gasteiger partial charge in [-0.1, -0.05) is 20.8 Å². The lowest BCUT2D eigenvalue weighted by atomic mass is 9.75. The maximum Gasteiger partial charge on any atom is 0.0522 e. The quantitative estimate of drug-likeness (QED) is 0.546. The van der Waals surface area contributed by atoms with E-state index in [0.29, 0.717) is 5.41 Å². The Hall–Kier alpha value is -0.0400. The molecule has 1 heteroatoms. The Labute approximate surface area is 63.8 Å². The van der Waals surface area contributed by atoms with Gasteiger partial charge in [0.05, 0.1) is 6.61 Å². The van der Waals surface area contributed by atoms with Gasteiger partial charge in [0.25, 0.3) is 0 Å². The molecule has 0 N–H and O–H groups in total. The molecular formula is C9H18O. The maximum absolute atomic E-state index is 5.45. The highest BCUT2D eigenvalue weighted by atomic mass is 16.5. The lowest BCUT2D eigenvalue weighted by Gasteiger charge is -2.36. The lowest BCUT2D eigenvalue weighted by molar-refractivity contribution is -0.0226. The summed E-state index contributed by atoms with van der Waals surface area (Å²) in [6, 6.07) is 0. The van der Waals surface area contributed by atoms with Gasteiger partial charge in [-0.25, -0.2) is 0 Å². The maximum atomic E-state index is 5.45. The van der Waals surface area contributed by atoms with Gasteiger partial charge in [0, 0.05) is 6.61 Å². The first-order valence-electron chi connectivity index (χ1n) is 4.23. The van der Waals surface area contributed by atoms with E-state index in [9.17, 15) is 0 Å². The van der Waals surface area contributed by atoms with Gasteiger partial charge in [-0.2, -0.15) is 0 Å². The largest absolute Gasteiger partial charge is 0.381 e. The molecule has 0 aromatic rings. The molecule has 0 aliphatic carbocycles. The van der Waals surface area contributed by atoms with E-state index in [1.165, 1.54) is 12.8 Å². The summed E-state index contributed by atoms with van der Waals surface area (Å²) in [5.74, 6) is 0.757. The van der Waals surface area contributed by atoms with Crippen molar-refractivity contribution < 1.29 is 4.74 Å². The molecule has 10 heavy (non-hydrogen) atoms. The fourth-order valence-electron chi connectivity index (χ4n) is 1.41. The summed E-state index contributed by atoms with van der Waals surface area (Å²) in [5, 5.41) is 0. The van der Waals surface area contributed by atoms with Crippen molar-refractivity contribution in [1.29, 1.82) is 0 Å². The highest BCUT2D eigenvalue weighted by Crippen LogP contribution is 2.35. The summed E-state index contributed by atoms with van der Waals surface area (Å²) in [6.45, 7) is 8.84. The summed E-state index contributed by atoms with van der Waals surface area (Å²) in [6.07, 6.45) is 2.58. The van der Waals surface area contributed by atoms with Crippen molar-refractivity contribution >= 4 is 0 Å².